The summed E-state index contributed by atoms with van der Waals surface area (Å²) in [5.74, 6) is -3.23. The van der Waals surface area contributed by atoms with E-state index in [0.717, 1.165) is 9.80 Å². The number of hydrogen-bond acceptors (Lipinski definition) is 4. The number of primary amides is 1. The van der Waals surface area contributed by atoms with Crippen molar-refractivity contribution in [3.8, 4) is 0 Å². The van der Waals surface area contributed by atoms with Crippen LogP contribution in [-0.4, -0.2) is 46.6 Å². The van der Waals surface area contributed by atoms with E-state index < -0.39 is 29.2 Å². The maximum absolute atomic E-state index is 12.9. The van der Waals surface area contributed by atoms with E-state index >= 15 is 0 Å². The Kier molecular flexibility index (Phi) is 4.87. The summed E-state index contributed by atoms with van der Waals surface area (Å²) in [6.07, 6.45) is 0. The van der Waals surface area contributed by atoms with E-state index in [1.807, 2.05) is 0 Å². The van der Waals surface area contributed by atoms with Gasteiger partial charge in [0.2, 0.25) is 11.3 Å². The molecule has 0 unspecified atom stereocenters. The Morgan fingerprint density at radius 2 is 1.58 bits per heavy atom. The number of halogens is 2. The minimum Gasteiger partial charge on any atom is -0.368 e. The fraction of sp³-hybridized carbons (Fsp3) is 0.333. The molecule has 0 aliphatic carbocycles. The van der Waals surface area contributed by atoms with Crippen molar-refractivity contribution in [1.82, 2.24) is 9.80 Å². The van der Waals surface area contributed by atoms with Gasteiger partial charge in [0.05, 0.1) is 0 Å². The summed E-state index contributed by atoms with van der Waals surface area (Å²) in [5, 5.41) is 0.194. The van der Waals surface area contributed by atoms with E-state index in [9.17, 15) is 19.2 Å². The highest BCUT2D eigenvalue weighted by Crippen LogP contribution is 2.38. The van der Waals surface area contributed by atoms with Gasteiger partial charge < -0.3 is 5.73 Å². The molecule has 0 radical (unpaired) electrons. The molecule has 1 heterocycles. The molecule has 1 aliphatic rings. The maximum Gasteiger partial charge on any atom is 0.333 e. The van der Waals surface area contributed by atoms with Crippen LogP contribution in [0.2, 0.25) is 10.0 Å². The van der Waals surface area contributed by atoms with Crippen LogP contribution in [0.25, 0.3) is 0 Å². The van der Waals surface area contributed by atoms with Crippen LogP contribution in [0.5, 0.6) is 0 Å². The number of rotatable bonds is 4. The molecule has 7 nitrogen and oxygen atoms in total. The van der Waals surface area contributed by atoms with Gasteiger partial charge in [-0.3, -0.25) is 24.2 Å². The molecule has 24 heavy (non-hydrogen) atoms. The normalized spacial score (nSPS) is 17.4. The molecule has 5 amide bonds. The molecule has 2 N–H and O–H groups in total. The SMILES string of the molecule is CCN1C(=O)N(CC)C(=O)C(C(N)=O)(c2ccc(Cl)cc2Cl)C1=O. The van der Waals surface area contributed by atoms with Gasteiger partial charge >= 0.3 is 6.03 Å². The molecule has 0 aromatic heterocycles. The lowest BCUT2D eigenvalue weighted by Gasteiger charge is -2.42. The second-order valence-corrected chi connectivity index (χ2v) is 5.96. The molecule has 1 aliphatic heterocycles. The number of amides is 5. The summed E-state index contributed by atoms with van der Waals surface area (Å²) in [4.78, 5) is 52.0. The van der Waals surface area contributed by atoms with E-state index in [-0.39, 0.29) is 28.7 Å². The van der Waals surface area contributed by atoms with Crippen molar-refractivity contribution < 1.29 is 19.2 Å². The van der Waals surface area contributed by atoms with E-state index in [1.54, 1.807) is 13.8 Å². The summed E-state index contributed by atoms with van der Waals surface area (Å²) in [6, 6.07) is 3.18. The first-order valence-corrected chi connectivity index (χ1v) is 7.92. The molecule has 1 fully saturated rings. The van der Waals surface area contributed by atoms with Gasteiger partial charge in [-0.1, -0.05) is 29.3 Å². The van der Waals surface area contributed by atoms with E-state index in [0.29, 0.717) is 0 Å². The molecule has 1 aromatic carbocycles. The highest BCUT2D eigenvalue weighted by Gasteiger charge is 2.62. The van der Waals surface area contributed by atoms with Gasteiger partial charge in [-0.15, -0.1) is 0 Å². The van der Waals surface area contributed by atoms with Gasteiger partial charge in [0.25, 0.3) is 11.8 Å². The van der Waals surface area contributed by atoms with Crippen molar-refractivity contribution in [3.05, 3.63) is 33.8 Å². The second kappa shape index (κ2) is 6.41. The largest absolute Gasteiger partial charge is 0.368 e. The van der Waals surface area contributed by atoms with Crippen LogP contribution in [0.15, 0.2) is 18.2 Å². The maximum atomic E-state index is 12.9. The Morgan fingerprint density at radius 1 is 1.08 bits per heavy atom. The highest BCUT2D eigenvalue weighted by atomic mass is 35.5. The topological polar surface area (TPSA) is 101 Å². The molecular weight excluding hydrogens is 357 g/mol. The van der Waals surface area contributed by atoms with Crippen LogP contribution in [0.1, 0.15) is 19.4 Å². The third kappa shape index (κ3) is 2.35. The first-order valence-electron chi connectivity index (χ1n) is 7.16. The van der Waals surface area contributed by atoms with E-state index in [4.69, 9.17) is 28.9 Å². The first kappa shape index (κ1) is 18.2. The smallest absolute Gasteiger partial charge is 0.333 e. The third-order valence-corrected chi connectivity index (χ3v) is 4.48. The molecule has 0 bridgehead atoms. The molecule has 1 aromatic rings. The number of benzene rings is 1. The van der Waals surface area contributed by atoms with Gasteiger partial charge in [-0.25, -0.2) is 4.79 Å². The van der Waals surface area contributed by atoms with E-state index in [2.05, 4.69) is 0 Å². The lowest BCUT2D eigenvalue weighted by Crippen LogP contribution is -2.71. The Hall–Kier alpha value is -2.12. The molecule has 0 saturated carbocycles. The fourth-order valence-corrected chi connectivity index (χ4v) is 3.29. The van der Waals surface area contributed by atoms with Crippen LogP contribution in [0.4, 0.5) is 4.79 Å². The van der Waals surface area contributed by atoms with E-state index in [1.165, 1.54) is 18.2 Å². The number of carbonyl (C=O) groups is 4. The van der Waals surface area contributed by atoms with Crippen LogP contribution in [-0.2, 0) is 19.8 Å². The van der Waals surface area contributed by atoms with Crippen molar-refractivity contribution in [1.29, 1.82) is 0 Å². The summed E-state index contributed by atoms with van der Waals surface area (Å²) in [6.45, 7) is 3.05. The zero-order valence-electron chi connectivity index (χ0n) is 13.0. The number of likely N-dealkylation sites (N-methyl/N-ethyl adjacent to an activating group) is 2. The number of urea groups is 1. The fourth-order valence-electron chi connectivity index (χ4n) is 2.74. The van der Waals surface area contributed by atoms with Crippen molar-refractivity contribution in [2.45, 2.75) is 19.3 Å². The minimum absolute atomic E-state index is 0.0261. The standard InChI is InChI=1S/C15H15Cl2N3O4/c1-3-19-12(22)15(11(18)21,13(23)20(4-2)14(19)24)9-6-5-8(16)7-10(9)17/h5-7H,3-4H2,1-2H3,(H2,18,21). The molecule has 1 saturated heterocycles. The van der Waals surface area contributed by atoms with Gasteiger partial charge in [0.1, 0.15) is 0 Å². The molecule has 9 heteroatoms. The van der Waals surface area contributed by atoms with Crippen LogP contribution in [0.3, 0.4) is 0 Å². The molecule has 2 rings (SSSR count). The predicted molar refractivity (Wildman–Crippen MR) is 87.5 cm³/mol. The Labute approximate surface area is 148 Å². The minimum atomic E-state index is -2.40. The zero-order valence-corrected chi connectivity index (χ0v) is 14.5. The Bertz CT molecular complexity index is 724. The lowest BCUT2D eigenvalue weighted by molar-refractivity contribution is -0.156. The first-order chi connectivity index (χ1) is 11.2. The Balaban J connectivity index is 2.83. The third-order valence-electron chi connectivity index (χ3n) is 3.93. The zero-order chi connectivity index (χ0) is 18.2. The summed E-state index contributed by atoms with van der Waals surface area (Å²) < 4.78 is 0. The van der Waals surface area contributed by atoms with Gasteiger partial charge in [0, 0.05) is 28.7 Å². The monoisotopic (exact) mass is 371 g/mol. The van der Waals surface area contributed by atoms with Crippen molar-refractivity contribution >= 4 is 47.0 Å². The second-order valence-electron chi connectivity index (χ2n) is 5.12. The highest BCUT2D eigenvalue weighted by molar-refractivity contribution is 6.39. The van der Waals surface area contributed by atoms with Crippen LogP contribution >= 0.6 is 23.2 Å². The van der Waals surface area contributed by atoms with Gasteiger partial charge in [-0.2, -0.15) is 0 Å². The van der Waals surface area contributed by atoms with Gasteiger partial charge in [-0.05, 0) is 26.0 Å². The summed E-state index contributed by atoms with van der Waals surface area (Å²) in [5.41, 5.74) is 2.97. The predicted octanol–water partition coefficient (Wildman–Crippen LogP) is 1.55. The summed E-state index contributed by atoms with van der Waals surface area (Å²) >= 11 is 12.0. The number of hydrogen-bond donors (Lipinski definition) is 1. The summed E-state index contributed by atoms with van der Waals surface area (Å²) in [7, 11) is 0. The molecule has 128 valence electrons. The average molecular weight is 372 g/mol. The van der Waals surface area contributed by atoms with Crippen LogP contribution in [0, 0.1) is 0 Å². The molecule has 0 spiro atoms. The number of nitrogens with zero attached hydrogens (tertiary/aromatic N) is 2. The number of nitrogens with two attached hydrogens (primary N) is 1. The average Bonchev–Trinajstić information content (AvgIpc) is 2.50. The molecular formula is C15H15Cl2N3O4. The van der Waals surface area contributed by atoms with Crippen molar-refractivity contribution in [2.75, 3.05) is 13.1 Å². The number of imide groups is 2. The lowest BCUT2D eigenvalue weighted by atomic mass is 9.75. The van der Waals surface area contributed by atoms with Crippen LogP contribution < -0.4 is 5.73 Å². The van der Waals surface area contributed by atoms with Gasteiger partial charge in [0.15, 0.2) is 0 Å². The Morgan fingerprint density at radius 3 is 1.96 bits per heavy atom. The van der Waals surface area contributed by atoms with Crippen molar-refractivity contribution in [3.63, 3.8) is 0 Å². The number of barbiturate groups is 1. The van der Waals surface area contributed by atoms with Crippen molar-refractivity contribution in [2.24, 2.45) is 5.73 Å². The quantitative estimate of drug-likeness (QED) is 0.811. The number of carbonyl (C=O) groups excluding carboxylic acids is 4. The molecule has 0 atom stereocenters.